The van der Waals surface area contributed by atoms with Gasteiger partial charge in [0, 0.05) is 0 Å². The van der Waals surface area contributed by atoms with Gasteiger partial charge in [-0.3, -0.25) is 10.1 Å². The number of nitrogens with two attached hydrogens (primary N) is 2. The Balaban J connectivity index is 3.01. The van der Waals surface area contributed by atoms with Crippen molar-refractivity contribution in [1.82, 2.24) is 15.3 Å². The summed E-state index contributed by atoms with van der Waals surface area (Å²) in [5.41, 5.74) is 10.8. The molecule has 17 heavy (non-hydrogen) atoms. The van der Waals surface area contributed by atoms with Crippen LogP contribution in [0.1, 0.15) is 10.5 Å². The molecule has 0 saturated carbocycles. The van der Waals surface area contributed by atoms with Crippen molar-refractivity contribution in [1.29, 1.82) is 0 Å². The Hall–Kier alpha value is -0.810. The minimum absolute atomic E-state index is 0.0200. The van der Waals surface area contributed by atoms with Gasteiger partial charge in [-0.2, -0.15) is 3.21 Å². The summed E-state index contributed by atoms with van der Waals surface area (Å²) in [4.78, 5) is 19.2. The van der Waals surface area contributed by atoms with E-state index >= 15 is 0 Å². The van der Waals surface area contributed by atoms with Gasteiger partial charge in [-0.15, -0.1) is 0 Å². The van der Waals surface area contributed by atoms with Gasteiger partial charge in [0.05, 0.1) is 22.9 Å². The number of carbonyl (C=O) groups is 1. The molecule has 0 unspecified atom stereocenters. The fraction of sp³-hybridized carbons (Fsp3) is 0.143. The van der Waals surface area contributed by atoms with E-state index in [1.165, 1.54) is 11.8 Å². The summed E-state index contributed by atoms with van der Waals surface area (Å²) in [7, 11) is 0. The molecule has 0 atom stereocenters. The molecule has 0 aliphatic carbocycles. The fourth-order valence-corrected chi connectivity index (χ4v) is 1.97. The first kappa shape index (κ1) is 14.3. The lowest BCUT2D eigenvalue weighted by molar-refractivity contribution is 0.0974. The predicted octanol–water partition coefficient (Wildman–Crippen LogP) is 1.09. The number of rotatable bonds is 1. The summed E-state index contributed by atoms with van der Waals surface area (Å²) in [6.45, 7) is 0. The molecule has 0 aromatic carbocycles. The lowest BCUT2D eigenvalue weighted by Gasteiger charge is -2.07. The third kappa shape index (κ3) is 3.57. The van der Waals surface area contributed by atoms with Gasteiger partial charge in [-0.25, -0.2) is 9.97 Å². The summed E-state index contributed by atoms with van der Waals surface area (Å²) in [5.74, 6) is -0.645. The highest BCUT2D eigenvalue weighted by Crippen LogP contribution is 2.17. The minimum Gasteiger partial charge on any atom is -0.382 e. The van der Waals surface area contributed by atoms with Gasteiger partial charge in [0.25, 0.3) is 5.91 Å². The molecule has 5 N–H and O–H groups in total. The van der Waals surface area contributed by atoms with E-state index in [9.17, 15) is 4.79 Å². The van der Waals surface area contributed by atoms with Crippen molar-refractivity contribution in [2.24, 2.45) is 3.21 Å². The van der Waals surface area contributed by atoms with E-state index in [2.05, 4.69) is 18.5 Å². The number of nitrogens with zero attached hydrogens (tertiary/aromatic N) is 3. The van der Waals surface area contributed by atoms with Gasteiger partial charge < -0.3 is 11.5 Å². The summed E-state index contributed by atoms with van der Waals surface area (Å²) in [6.07, 6.45) is 1.77. The number of hydrogen-bond donors (Lipinski definition) is 3. The van der Waals surface area contributed by atoms with Crippen LogP contribution in [0.3, 0.4) is 0 Å². The Morgan fingerprint density at radius 1 is 1.47 bits per heavy atom. The van der Waals surface area contributed by atoms with Crippen molar-refractivity contribution in [3.05, 3.63) is 10.8 Å². The Kier molecular flexibility index (Phi) is 5.21. The molecule has 0 aliphatic heterocycles. The first-order valence-corrected chi connectivity index (χ1v) is 6.69. The molecule has 0 fully saturated rings. The molecule has 0 saturated heterocycles. The molecule has 1 aromatic rings. The first-order chi connectivity index (χ1) is 7.99. The summed E-state index contributed by atoms with van der Waals surface area (Å²) < 4.78 is 3.81. The number of halogens is 2. The van der Waals surface area contributed by atoms with Crippen LogP contribution in [-0.4, -0.2) is 27.3 Å². The lowest BCUT2D eigenvalue weighted by atomic mass is 10.4. The number of anilines is 2. The van der Waals surface area contributed by atoms with Crippen LogP contribution in [0.2, 0.25) is 5.15 Å². The minimum atomic E-state index is -0.540. The van der Waals surface area contributed by atoms with Gasteiger partial charge in [-0.1, -0.05) is 23.4 Å². The number of amides is 1. The van der Waals surface area contributed by atoms with Crippen molar-refractivity contribution in [2.75, 3.05) is 17.7 Å². The van der Waals surface area contributed by atoms with Gasteiger partial charge in [0.2, 0.25) is 0 Å². The highest BCUT2D eigenvalue weighted by molar-refractivity contribution is 14.1. The van der Waals surface area contributed by atoms with Gasteiger partial charge >= 0.3 is 0 Å². The average Bonchev–Trinajstić information content (AvgIpc) is 2.30. The maximum atomic E-state index is 11.8. The molecule has 1 aromatic heterocycles. The lowest BCUT2D eigenvalue weighted by Crippen LogP contribution is -2.29. The Labute approximate surface area is 120 Å². The van der Waals surface area contributed by atoms with Crippen LogP contribution in [0.4, 0.5) is 11.6 Å². The predicted molar refractivity (Wildman–Crippen MR) is 78.3 cm³/mol. The second-order valence-electron chi connectivity index (χ2n) is 2.68. The van der Waals surface area contributed by atoms with Crippen LogP contribution in [0.15, 0.2) is 3.21 Å². The van der Waals surface area contributed by atoms with Gasteiger partial charge in [0.1, 0.15) is 0 Å². The zero-order valence-corrected chi connectivity index (χ0v) is 12.3. The average molecular weight is 387 g/mol. The third-order valence-corrected chi connectivity index (χ3v) is 3.28. The SMILES string of the molecule is CSC(=NI)NC(=O)c1nc(Cl)c(N)nc1N. The number of nitrogen functional groups attached to an aromatic ring is 2. The highest BCUT2D eigenvalue weighted by atomic mass is 127. The number of hydrogen-bond acceptors (Lipinski definition) is 7. The number of nitrogens with one attached hydrogen (secondary N) is 1. The summed E-state index contributed by atoms with van der Waals surface area (Å²) >= 11 is 8.70. The zero-order chi connectivity index (χ0) is 13.0. The molecule has 1 rings (SSSR count). The van der Waals surface area contributed by atoms with Gasteiger partial charge in [0.15, 0.2) is 27.7 Å². The standard InChI is InChI=1S/C7H8ClIN6OS/c1-17-7(15-9)14-6(16)2-4(10)13-5(11)3(8)12-2/h1H3,(H4,10,11,13)(H,14,15,16). The number of aromatic nitrogens is 2. The van der Waals surface area contributed by atoms with Crippen LogP contribution in [0.25, 0.3) is 0 Å². The van der Waals surface area contributed by atoms with Crippen molar-refractivity contribution in [3.8, 4) is 0 Å². The Bertz CT molecular complexity index is 482. The van der Waals surface area contributed by atoms with E-state index in [4.69, 9.17) is 23.1 Å². The van der Waals surface area contributed by atoms with E-state index < -0.39 is 5.91 Å². The monoisotopic (exact) mass is 386 g/mol. The molecule has 0 bridgehead atoms. The molecule has 7 nitrogen and oxygen atoms in total. The third-order valence-electron chi connectivity index (χ3n) is 1.61. The van der Waals surface area contributed by atoms with Crippen molar-refractivity contribution in [3.63, 3.8) is 0 Å². The first-order valence-electron chi connectivity index (χ1n) is 4.12. The molecule has 0 spiro atoms. The van der Waals surface area contributed by atoms with Crippen LogP contribution in [0, 0.1) is 0 Å². The van der Waals surface area contributed by atoms with E-state index in [-0.39, 0.29) is 22.5 Å². The molecule has 0 radical (unpaired) electrons. The van der Waals surface area contributed by atoms with E-state index in [1.807, 2.05) is 0 Å². The number of carbonyl (C=O) groups excluding carboxylic acids is 1. The maximum Gasteiger partial charge on any atom is 0.279 e. The molecule has 10 heteroatoms. The smallest absolute Gasteiger partial charge is 0.279 e. The van der Waals surface area contributed by atoms with Crippen LogP contribution < -0.4 is 16.8 Å². The number of thioether (sulfide) groups is 1. The highest BCUT2D eigenvalue weighted by Gasteiger charge is 2.17. The molecule has 1 amide bonds. The quantitative estimate of drug-likeness (QED) is 0.378. The zero-order valence-electron chi connectivity index (χ0n) is 8.57. The Morgan fingerprint density at radius 3 is 2.65 bits per heavy atom. The molecular weight excluding hydrogens is 379 g/mol. The summed E-state index contributed by atoms with van der Waals surface area (Å²) in [6, 6.07) is 0. The second kappa shape index (κ2) is 6.21. The molecule has 0 aliphatic rings. The van der Waals surface area contributed by atoms with Crippen LogP contribution in [-0.2, 0) is 0 Å². The summed E-state index contributed by atoms with van der Waals surface area (Å²) in [5, 5.41) is 2.86. The number of amidine groups is 1. The largest absolute Gasteiger partial charge is 0.382 e. The normalized spacial score (nSPS) is 11.4. The van der Waals surface area contributed by atoms with Crippen LogP contribution in [0.5, 0.6) is 0 Å². The molecular formula is C7H8ClIN6OS. The second-order valence-corrected chi connectivity index (χ2v) is 4.32. The molecule has 1 heterocycles. The van der Waals surface area contributed by atoms with E-state index in [1.54, 1.807) is 29.1 Å². The van der Waals surface area contributed by atoms with Crippen LogP contribution >= 0.6 is 46.2 Å². The Morgan fingerprint density at radius 2 is 2.12 bits per heavy atom. The van der Waals surface area contributed by atoms with Crippen molar-refractivity contribution < 1.29 is 4.79 Å². The molecule has 92 valence electrons. The van der Waals surface area contributed by atoms with Crippen molar-refractivity contribution >= 4 is 68.9 Å². The maximum absolute atomic E-state index is 11.8. The van der Waals surface area contributed by atoms with Gasteiger partial charge in [-0.05, 0) is 6.26 Å². The van der Waals surface area contributed by atoms with E-state index in [0.717, 1.165) is 0 Å². The van der Waals surface area contributed by atoms with Crippen molar-refractivity contribution in [2.45, 2.75) is 0 Å². The fourth-order valence-electron chi connectivity index (χ4n) is 0.872. The van der Waals surface area contributed by atoms with E-state index in [0.29, 0.717) is 5.17 Å². The topological polar surface area (TPSA) is 119 Å².